The SMILES string of the molecule is CCOc1ccc(-n2c(SC(C)C)nc3c([nH]c4ccccc43)c2=O)cc1. The molecule has 2 aromatic heterocycles. The van der Waals surface area contributed by atoms with Crippen LogP contribution in [-0.2, 0) is 0 Å². The lowest BCUT2D eigenvalue weighted by molar-refractivity contribution is 0.340. The number of nitrogens with one attached hydrogen (secondary N) is 1. The summed E-state index contributed by atoms with van der Waals surface area (Å²) in [6.45, 7) is 6.75. The van der Waals surface area contributed by atoms with Crippen LogP contribution in [-0.4, -0.2) is 26.4 Å². The van der Waals surface area contributed by atoms with Crippen LogP contribution in [0.1, 0.15) is 20.8 Å². The molecule has 4 rings (SSSR count). The highest BCUT2D eigenvalue weighted by Crippen LogP contribution is 2.28. The standard InChI is InChI=1S/C21H21N3O2S/c1-4-26-15-11-9-14(10-12-15)24-20(25)19-18(23-21(24)27-13(2)3)16-7-5-6-8-17(16)22-19/h5-13,22H,4H2,1-3H3. The molecule has 0 unspecified atom stereocenters. The lowest BCUT2D eigenvalue weighted by atomic mass is 10.2. The monoisotopic (exact) mass is 379 g/mol. The number of benzene rings is 2. The average molecular weight is 379 g/mol. The minimum Gasteiger partial charge on any atom is -0.494 e. The minimum atomic E-state index is -0.0940. The number of hydrogen-bond donors (Lipinski definition) is 1. The molecule has 2 heterocycles. The summed E-state index contributed by atoms with van der Waals surface area (Å²) in [6, 6.07) is 15.4. The lowest BCUT2D eigenvalue weighted by Gasteiger charge is -2.14. The largest absolute Gasteiger partial charge is 0.494 e. The molecule has 2 aromatic carbocycles. The van der Waals surface area contributed by atoms with Gasteiger partial charge in [0.05, 0.1) is 12.3 Å². The molecular formula is C21H21N3O2S. The Hall–Kier alpha value is -2.73. The molecule has 5 nitrogen and oxygen atoms in total. The van der Waals surface area contributed by atoms with Crippen LogP contribution in [0.4, 0.5) is 0 Å². The van der Waals surface area contributed by atoms with Crippen molar-refractivity contribution in [1.29, 1.82) is 0 Å². The molecule has 27 heavy (non-hydrogen) atoms. The topological polar surface area (TPSA) is 59.9 Å². The number of aromatic nitrogens is 3. The van der Waals surface area contributed by atoms with Crippen LogP contribution >= 0.6 is 11.8 Å². The number of nitrogens with zero attached hydrogens (tertiary/aromatic N) is 2. The van der Waals surface area contributed by atoms with Crippen molar-refractivity contribution in [3.05, 3.63) is 58.9 Å². The fraction of sp³-hybridized carbons (Fsp3) is 0.238. The van der Waals surface area contributed by atoms with Gasteiger partial charge in [-0.25, -0.2) is 4.98 Å². The van der Waals surface area contributed by atoms with Crippen molar-refractivity contribution in [3.63, 3.8) is 0 Å². The Morgan fingerprint density at radius 3 is 2.59 bits per heavy atom. The van der Waals surface area contributed by atoms with Gasteiger partial charge >= 0.3 is 0 Å². The van der Waals surface area contributed by atoms with E-state index in [2.05, 4.69) is 18.8 Å². The summed E-state index contributed by atoms with van der Waals surface area (Å²) < 4.78 is 7.20. The Morgan fingerprint density at radius 1 is 1.15 bits per heavy atom. The summed E-state index contributed by atoms with van der Waals surface area (Å²) in [5.74, 6) is 0.784. The summed E-state index contributed by atoms with van der Waals surface area (Å²) in [6.07, 6.45) is 0. The molecule has 1 N–H and O–H groups in total. The molecule has 0 aliphatic heterocycles. The third-order valence-electron chi connectivity index (χ3n) is 4.24. The van der Waals surface area contributed by atoms with Gasteiger partial charge in [-0.2, -0.15) is 0 Å². The molecule has 0 atom stereocenters. The molecule has 0 spiro atoms. The third kappa shape index (κ3) is 3.21. The summed E-state index contributed by atoms with van der Waals surface area (Å²) in [5, 5.41) is 1.96. The van der Waals surface area contributed by atoms with Crippen LogP contribution in [0.5, 0.6) is 5.75 Å². The van der Waals surface area contributed by atoms with Crippen LogP contribution in [0.25, 0.3) is 27.6 Å². The highest BCUT2D eigenvalue weighted by atomic mass is 32.2. The minimum absolute atomic E-state index is 0.0940. The molecule has 0 radical (unpaired) electrons. The van der Waals surface area contributed by atoms with Gasteiger partial charge < -0.3 is 9.72 Å². The number of para-hydroxylation sites is 1. The van der Waals surface area contributed by atoms with E-state index >= 15 is 0 Å². The highest BCUT2D eigenvalue weighted by Gasteiger charge is 2.18. The Balaban J connectivity index is 1.98. The fourth-order valence-electron chi connectivity index (χ4n) is 3.12. The molecular weight excluding hydrogens is 358 g/mol. The smallest absolute Gasteiger partial charge is 0.283 e. The highest BCUT2D eigenvalue weighted by molar-refractivity contribution is 7.99. The van der Waals surface area contributed by atoms with Gasteiger partial charge in [-0.1, -0.05) is 43.8 Å². The fourth-order valence-corrected chi connectivity index (χ4v) is 3.98. The molecule has 0 bridgehead atoms. The molecule has 0 saturated heterocycles. The third-order valence-corrected chi connectivity index (χ3v) is 5.20. The number of rotatable bonds is 5. The normalized spacial score (nSPS) is 11.6. The van der Waals surface area contributed by atoms with Crippen LogP contribution in [0.2, 0.25) is 0 Å². The predicted octanol–water partition coefficient (Wildman–Crippen LogP) is 4.77. The van der Waals surface area contributed by atoms with Gasteiger partial charge in [-0.3, -0.25) is 9.36 Å². The van der Waals surface area contributed by atoms with E-state index in [0.29, 0.717) is 22.5 Å². The molecule has 4 aromatic rings. The zero-order valence-corrected chi connectivity index (χ0v) is 16.3. The molecule has 0 aliphatic carbocycles. The number of thioether (sulfide) groups is 1. The van der Waals surface area contributed by atoms with Crippen LogP contribution < -0.4 is 10.3 Å². The van der Waals surface area contributed by atoms with Crippen molar-refractivity contribution >= 4 is 33.7 Å². The second kappa shape index (κ2) is 7.12. The quantitative estimate of drug-likeness (QED) is 0.401. The van der Waals surface area contributed by atoms with Gasteiger partial charge in [-0.15, -0.1) is 0 Å². The Morgan fingerprint density at radius 2 is 1.89 bits per heavy atom. The molecule has 138 valence electrons. The van der Waals surface area contributed by atoms with E-state index in [1.165, 1.54) is 0 Å². The van der Waals surface area contributed by atoms with Crippen molar-refractivity contribution < 1.29 is 4.74 Å². The first-order valence-electron chi connectivity index (χ1n) is 9.02. The number of H-pyrrole nitrogens is 1. The molecule has 0 saturated carbocycles. The maximum Gasteiger partial charge on any atom is 0.283 e. The van der Waals surface area contributed by atoms with Crippen molar-refractivity contribution in [2.75, 3.05) is 6.61 Å². The van der Waals surface area contributed by atoms with Crippen LogP contribution in [0.3, 0.4) is 0 Å². The van der Waals surface area contributed by atoms with Crippen LogP contribution in [0, 0.1) is 0 Å². The maximum absolute atomic E-state index is 13.4. The summed E-state index contributed by atoms with van der Waals surface area (Å²) in [7, 11) is 0. The van der Waals surface area contributed by atoms with Crippen molar-refractivity contribution in [1.82, 2.24) is 14.5 Å². The van der Waals surface area contributed by atoms with Crippen molar-refractivity contribution in [2.24, 2.45) is 0 Å². The van der Waals surface area contributed by atoms with E-state index in [1.54, 1.807) is 16.3 Å². The van der Waals surface area contributed by atoms with Gasteiger partial charge in [0.15, 0.2) is 5.16 Å². The predicted molar refractivity (Wildman–Crippen MR) is 111 cm³/mol. The summed E-state index contributed by atoms with van der Waals surface area (Å²) in [4.78, 5) is 21.5. The second-order valence-electron chi connectivity index (χ2n) is 6.52. The van der Waals surface area contributed by atoms with Gasteiger partial charge in [0, 0.05) is 16.2 Å². The molecule has 0 aliphatic rings. The van der Waals surface area contributed by atoms with Gasteiger partial charge in [-0.05, 0) is 37.3 Å². The average Bonchev–Trinajstić information content (AvgIpc) is 3.02. The first-order valence-corrected chi connectivity index (χ1v) is 9.89. The Kier molecular flexibility index (Phi) is 4.66. The zero-order chi connectivity index (χ0) is 19.0. The Bertz CT molecular complexity index is 1160. The van der Waals surface area contributed by atoms with E-state index in [0.717, 1.165) is 27.9 Å². The van der Waals surface area contributed by atoms with E-state index in [-0.39, 0.29) is 5.56 Å². The number of fused-ring (bicyclic) bond motifs is 3. The second-order valence-corrected chi connectivity index (χ2v) is 8.07. The summed E-state index contributed by atoms with van der Waals surface area (Å²) in [5.41, 5.74) is 2.85. The Labute approximate surface area is 161 Å². The van der Waals surface area contributed by atoms with Gasteiger partial charge in [0.1, 0.15) is 16.8 Å². The summed E-state index contributed by atoms with van der Waals surface area (Å²) >= 11 is 1.58. The van der Waals surface area contributed by atoms with Gasteiger partial charge in [0.2, 0.25) is 0 Å². The van der Waals surface area contributed by atoms with Crippen molar-refractivity contribution in [2.45, 2.75) is 31.2 Å². The van der Waals surface area contributed by atoms with E-state index < -0.39 is 0 Å². The van der Waals surface area contributed by atoms with Crippen molar-refractivity contribution in [3.8, 4) is 11.4 Å². The molecule has 6 heteroatoms. The first kappa shape index (κ1) is 17.7. The van der Waals surface area contributed by atoms with Crippen LogP contribution in [0.15, 0.2) is 58.5 Å². The van der Waals surface area contributed by atoms with E-state index in [1.807, 2.05) is 55.5 Å². The number of aromatic amines is 1. The van der Waals surface area contributed by atoms with Gasteiger partial charge in [0.25, 0.3) is 5.56 Å². The molecule has 0 amide bonds. The maximum atomic E-state index is 13.4. The number of hydrogen-bond acceptors (Lipinski definition) is 4. The van der Waals surface area contributed by atoms with E-state index in [4.69, 9.17) is 9.72 Å². The number of ether oxygens (including phenoxy) is 1. The molecule has 0 fully saturated rings. The van der Waals surface area contributed by atoms with E-state index in [9.17, 15) is 4.79 Å². The first-order chi connectivity index (χ1) is 13.1. The zero-order valence-electron chi connectivity index (χ0n) is 15.5. The lowest BCUT2D eigenvalue weighted by Crippen LogP contribution is -2.22.